The van der Waals surface area contributed by atoms with Gasteiger partial charge in [0.15, 0.2) is 0 Å². The average Bonchev–Trinajstić information content (AvgIpc) is 2.09. The van der Waals surface area contributed by atoms with Gasteiger partial charge in [-0.3, -0.25) is 4.79 Å². The first-order chi connectivity index (χ1) is 6.43. The third-order valence-corrected chi connectivity index (χ3v) is 2.03. The van der Waals surface area contributed by atoms with Crippen molar-refractivity contribution in [1.82, 2.24) is 0 Å². The lowest BCUT2D eigenvalue weighted by Gasteiger charge is -2.01. The van der Waals surface area contributed by atoms with Crippen LogP contribution in [0.1, 0.15) is 10.4 Å². The Morgan fingerprint density at radius 3 is 2.36 bits per heavy atom. The zero-order chi connectivity index (χ0) is 10.9. The number of carboxylic acid groups (broad SMARTS) is 1. The first-order valence-electron chi connectivity index (χ1n) is 3.35. The van der Waals surface area contributed by atoms with Crippen LogP contribution in [0.15, 0.2) is 12.1 Å². The summed E-state index contributed by atoms with van der Waals surface area (Å²) in [5, 5.41) is 7.74. The van der Waals surface area contributed by atoms with Crippen LogP contribution in [0, 0.1) is 5.82 Å². The van der Waals surface area contributed by atoms with E-state index in [1.54, 1.807) is 0 Å². The van der Waals surface area contributed by atoms with Crippen LogP contribution in [0.3, 0.4) is 0 Å². The van der Waals surface area contributed by atoms with Gasteiger partial charge in [-0.1, -0.05) is 23.2 Å². The highest BCUT2D eigenvalue weighted by atomic mass is 35.5. The first kappa shape index (κ1) is 10.9. The Hall–Kier alpha value is -1.13. The number of carbonyl (C=O) groups is 2. The Balaban J connectivity index is 3.34. The zero-order valence-corrected chi connectivity index (χ0v) is 8.06. The number of hydrogen-bond donors (Lipinski definition) is 1. The third-order valence-electron chi connectivity index (χ3n) is 1.43. The molecule has 0 heterocycles. The molecule has 0 bridgehead atoms. The lowest BCUT2D eigenvalue weighted by atomic mass is 10.1. The highest BCUT2D eigenvalue weighted by Gasteiger charge is 2.20. The summed E-state index contributed by atoms with van der Waals surface area (Å²) in [7, 11) is 0. The predicted molar refractivity (Wildman–Crippen MR) is 48.4 cm³/mol. The summed E-state index contributed by atoms with van der Waals surface area (Å²) in [5.74, 6) is -3.94. The molecule has 1 aromatic rings. The van der Waals surface area contributed by atoms with Crippen LogP contribution in [0.5, 0.6) is 0 Å². The largest absolute Gasteiger partial charge is 0.475 e. The molecular formula is C8H3Cl2FO3. The number of carboxylic acids is 1. The Bertz CT molecular complexity index is 417. The molecule has 0 aliphatic rings. The topological polar surface area (TPSA) is 54.4 Å². The summed E-state index contributed by atoms with van der Waals surface area (Å²) in [6.45, 7) is 0. The quantitative estimate of drug-likeness (QED) is 0.488. The molecule has 0 fully saturated rings. The van der Waals surface area contributed by atoms with E-state index in [0.717, 1.165) is 12.1 Å². The SMILES string of the molecule is O=C(O)C(=O)c1cc(Cl)cc(F)c1Cl. The average molecular weight is 237 g/mol. The predicted octanol–water partition coefficient (Wildman–Crippen LogP) is 2.40. The van der Waals surface area contributed by atoms with Gasteiger partial charge in [-0.05, 0) is 12.1 Å². The number of hydrogen-bond acceptors (Lipinski definition) is 2. The van der Waals surface area contributed by atoms with Gasteiger partial charge in [-0.25, -0.2) is 9.18 Å². The molecule has 14 heavy (non-hydrogen) atoms. The van der Waals surface area contributed by atoms with Crippen LogP contribution in [-0.4, -0.2) is 16.9 Å². The van der Waals surface area contributed by atoms with Crippen molar-refractivity contribution < 1.29 is 19.1 Å². The second-order valence-electron chi connectivity index (χ2n) is 2.38. The van der Waals surface area contributed by atoms with Crippen LogP contribution in [0.2, 0.25) is 10.0 Å². The van der Waals surface area contributed by atoms with Gasteiger partial charge in [0.25, 0.3) is 5.78 Å². The maximum absolute atomic E-state index is 12.9. The minimum Gasteiger partial charge on any atom is -0.475 e. The summed E-state index contributed by atoms with van der Waals surface area (Å²) in [5.41, 5.74) is -0.454. The van der Waals surface area contributed by atoms with E-state index in [9.17, 15) is 14.0 Å². The number of aliphatic carboxylic acids is 1. The van der Waals surface area contributed by atoms with Crippen molar-refractivity contribution in [2.45, 2.75) is 0 Å². The van der Waals surface area contributed by atoms with Gasteiger partial charge in [-0.2, -0.15) is 0 Å². The van der Waals surface area contributed by atoms with E-state index in [1.807, 2.05) is 0 Å². The Labute approximate surface area is 88.1 Å². The molecule has 0 radical (unpaired) electrons. The van der Waals surface area contributed by atoms with Gasteiger partial charge >= 0.3 is 5.97 Å². The lowest BCUT2D eigenvalue weighted by Crippen LogP contribution is -2.13. The molecule has 0 aliphatic carbocycles. The van der Waals surface area contributed by atoms with Gasteiger partial charge < -0.3 is 5.11 Å². The van der Waals surface area contributed by atoms with Crippen molar-refractivity contribution in [2.75, 3.05) is 0 Å². The molecule has 0 saturated carbocycles. The minimum atomic E-state index is -1.71. The number of benzene rings is 1. The van der Waals surface area contributed by atoms with Crippen molar-refractivity contribution >= 4 is 35.0 Å². The van der Waals surface area contributed by atoms with Crippen LogP contribution >= 0.6 is 23.2 Å². The Kier molecular flexibility index (Phi) is 3.08. The number of ketones is 1. The van der Waals surface area contributed by atoms with Crippen molar-refractivity contribution in [3.63, 3.8) is 0 Å². The molecule has 3 nitrogen and oxygen atoms in total. The molecule has 0 atom stereocenters. The van der Waals surface area contributed by atoms with E-state index in [0.29, 0.717) is 0 Å². The maximum Gasteiger partial charge on any atom is 0.377 e. The van der Waals surface area contributed by atoms with Crippen molar-refractivity contribution in [3.8, 4) is 0 Å². The molecule has 0 saturated heterocycles. The molecule has 0 amide bonds. The van der Waals surface area contributed by atoms with E-state index < -0.39 is 28.2 Å². The van der Waals surface area contributed by atoms with Gasteiger partial charge in [0.05, 0.1) is 10.6 Å². The van der Waals surface area contributed by atoms with Crippen LogP contribution < -0.4 is 0 Å². The van der Waals surface area contributed by atoms with Gasteiger partial charge in [-0.15, -0.1) is 0 Å². The fraction of sp³-hybridized carbons (Fsp3) is 0. The van der Waals surface area contributed by atoms with Gasteiger partial charge in [0, 0.05) is 5.02 Å². The summed E-state index contributed by atoms with van der Waals surface area (Å²) in [6.07, 6.45) is 0. The standard InChI is InChI=1S/C8H3Cl2FO3/c9-3-1-4(7(12)8(13)14)6(10)5(11)2-3/h1-2H,(H,13,14). The molecule has 0 aromatic heterocycles. The molecule has 0 spiro atoms. The second kappa shape index (κ2) is 3.94. The van der Waals surface area contributed by atoms with Crippen LogP contribution in [0.4, 0.5) is 4.39 Å². The summed E-state index contributed by atoms with van der Waals surface area (Å²) >= 11 is 10.8. The van der Waals surface area contributed by atoms with E-state index >= 15 is 0 Å². The van der Waals surface area contributed by atoms with E-state index in [2.05, 4.69) is 0 Å². The summed E-state index contributed by atoms with van der Waals surface area (Å²) in [4.78, 5) is 21.3. The number of carbonyl (C=O) groups excluding carboxylic acids is 1. The number of Topliss-reactive ketones (excluding diaryl/α,β-unsaturated/α-hetero) is 1. The normalized spacial score (nSPS) is 9.93. The van der Waals surface area contributed by atoms with Crippen LogP contribution in [0.25, 0.3) is 0 Å². The first-order valence-corrected chi connectivity index (χ1v) is 4.11. The van der Waals surface area contributed by atoms with E-state index in [1.165, 1.54) is 0 Å². The summed E-state index contributed by atoms with van der Waals surface area (Å²) < 4.78 is 12.9. The molecule has 6 heteroatoms. The van der Waals surface area contributed by atoms with E-state index in [-0.39, 0.29) is 5.02 Å². The molecule has 0 aliphatic heterocycles. The highest BCUT2D eigenvalue weighted by Crippen LogP contribution is 2.24. The fourth-order valence-electron chi connectivity index (χ4n) is 0.836. The van der Waals surface area contributed by atoms with Gasteiger partial charge in [0.1, 0.15) is 5.82 Å². The lowest BCUT2D eigenvalue weighted by molar-refractivity contribution is -0.131. The van der Waals surface area contributed by atoms with E-state index in [4.69, 9.17) is 28.3 Å². The molecule has 1 aromatic carbocycles. The van der Waals surface area contributed by atoms with Crippen molar-refractivity contribution in [2.24, 2.45) is 0 Å². The van der Waals surface area contributed by atoms with Crippen molar-refractivity contribution in [1.29, 1.82) is 0 Å². The molecule has 1 rings (SSSR count). The Morgan fingerprint density at radius 1 is 1.29 bits per heavy atom. The zero-order valence-electron chi connectivity index (χ0n) is 6.55. The fourth-order valence-corrected chi connectivity index (χ4v) is 1.24. The van der Waals surface area contributed by atoms with Gasteiger partial charge in [0.2, 0.25) is 0 Å². The summed E-state index contributed by atoms with van der Waals surface area (Å²) in [6, 6.07) is 1.89. The van der Waals surface area contributed by atoms with Crippen molar-refractivity contribution in [3.05, 3.63) is 33.6 Å². The number of halogens is 3. The molecule has 1 N–H and O–H groups in total. The third kappa shape index (κ3) is 2.02. The second-order valence-corrected chi connectivity index (χ2v) is 3.20. The minimum absolute atomic E-state index is 0.0866. The highest BCUT2D eigenvalue weighted by molar-refractivity contribution is 6.45. The smallest absolute Gasteiger partial charge is 0.377 e. The molecular weight excluding hydrogens is 234 g/mol. The maximum atomic E-state index is 12.9. The molecule has 0 unspecified atom stereocenters. The van der Waals surface area contributed by atoms with Crippen LogP contribution in [-0.2, 0) is 4.79 Å². The molecule has 74 valence electrons. The monoisotopic (exact) mass is 236 g/mol. The number of rotatable bonds is 2. The Morgan fingerprint density at radius 2 is 1.86 bits per heavy atom.